The lowest BCUT2D eigenvalue weighted by Crippen LogP contribution is -2.51. The number of carbonyl (C=O) groups excluding carboxylic acids is 2. The summed E-state index contributed by atoms with van der Waals surface area (Å²) in [5.41, 5.74) is 5.64. The van der Waals surface area contributed by atoms with Crippen molar-refractivity contribution in [3.63, 3.8) is 0 Å². The molecule has 4 rings (SSSR count). The van der Waals surface area contributed by atoms with Gasteiger partial charge in [0.05, 0.1) is 27.8 Å². The minimum absolute atomic E-state index is 0.110. The van der Waals surface area contributed by atoms with Gasteiger partial charge >= 0.3 is 0 Å². The number of pyridine rings is 1. The molecule has 0 spiro atoms. The molecule has 2 aromatic carbocycles. The highest BCUT2D eigenvalue weighted by molar-refractivity contribution is 5.96. The van der Waals surface area contributed by atoms with Crippen molar-refractivity contribution in [1.82, 2.24) is 15.4 Å². The van der Waals surface area contributed by atoms with Gasteiger partial charge in [0.25, 0.3) is 5.91 Å². The molecule has 1 aromatic heterocycles. The lowest BCUT2D eigenvalue weighted by atomic mass is 9.88. The first-order chi connectivity index (χ1) is 15.5. The van der Waals surface area contributed by atoms with Crippen LogP contribution in [0, 0.1) is 0 Å². The average Bonchev–Trinajstić information content (AvgIpc) is 2.84. The molecule has 8 heteroatoms. The molecule has 8 nitrogen and oxygen atoms in total. The summed E-state index contributed by atoms with van der Waals surface area (Å²) in [6, 6.07) is 13.6. The molecule has 0 saturated carbocycles. The molecule has 0 bridgehead atoms. The monoisotopic (exact) mass is 433 g/mol. The predicted octanol–water partition coefficient (Wildman–Crippen LogP) is 2.93. The van der Waals surface area contributed by atoms with Crippen molar-refractivity contribution in [3.8, 4) is 17.2 Å². The van der Waals surface area contributed by atoms with Crippen LogP contribution in [0.5, 0.6) is 17.2 Å². The van der Waals surface area contributed by atoms with Crippen LogP contribution in [0.4, 0.5) is 0 Å². The highest BCUT2D eigenvalue weighted by atomic mass is 16.5. The summed E-state index contributed by atoms with van der Waals surface area (Å²) in [5.74, 6) is 1.13. The number of ether oxygens (including phenoxy) is 3. The summed E-state index contributed by atoms with van der Waals surface area (Å²) in [5, 5.41) is 1.37. The second-order valence-corrected chi connectivity index (χ2v) is 7.20. The van der Waals surface area contributed by atoms with Crippen molar-refractivity contribution in [1.29, 1.82) is 0 Å². The number of carbonyl (C=O) groups is 2. The van der Waals surface area contributed by atoms with Crippen molar-refractivity contribution < 1.29 is 23.8 Å². The summed E-state index contributed by atoms with van der Waals surface area (Å²) in [4.78, 5) is 30.0. The Morgan fingerprint density at radius 2 is 1.62 bits per heavy atom. The van der Waals surface area contributed by atoms with Gasteiger partial charge < -0.3 is 14.2 Å². The molecule has 0 saturated heterocycles. The molecular formula is C24H23N3O5. The van der Waals surface area contributed by atoms with Gasteiger partial charge in [0.15, 0.2) is 11.5 Å². The number of fused-ring (bicyclic) bond motifs is 1. The number of amides is 2. The van der Waals surface area contributed by atoms with Gasteiger partial charge in [0, 0.05) is 18.0 Å². The van der Waals surface area contributed by atoms with Crippen LogP contribution >= 0.6 is 0 Å². The highest BCUT2D eigenvalue weighted by Crippen LogP contribution is 2.41. The fourth-order valence-corrected chi connectivity index (χ4v) is 3.79. The minimum atomic E-state index is -0.567. The molecule has 1 aliphatic rings. The molecule has 2 heterocycles. The van der Waals surface area contributed by atoms with Crippen LogP contribution in [0.25, 0.3) is 0 Å². The Labute approximate surface area is 185 Å². The molecule has 2 amide bonds. The fraction of sp³-hybridized carbons (Fsp3) is 0.208. The van der Waals surface area contributed by atoms with Gasteiger partial charge in [-0.1, -0.05) is 12.1 Å². The zero-order valence-electron chi connectivity index (χ0n) is 18.0. The van der Waals surface area contributed by atoms with Crippen LogP contribution in [-0.2, 0) is 11.2 Å². The summed E-state index contributed by atoms with van der Waals surface area (Å²) in [6.45, 7) is 0. The Kier molecular flexibility index (Phi) is 5.93. The molecule has 164 valence electrons. The van der Waals surface area contributed by atoms with Crippen molar-refractivity contribution in [2.45, 2.75) is 12.5 Å². The van der Waals surface area contributed by atoms with Crippen molar-refractivity contribution in [2.24, 2.45) is 0 Å². The van der Waals surface area contributed by atoms with E-state index in [4.69, 9.17) is 14.2 Å². The van der Waals surface area contributed by atoms with E-state index in [9.17, 15) is 9.59 Å². The van der Waals surface area contributed by atoms with Gasteiger partial charge in [-0.3, -0.25) is 20.0 Å². The number of aromatic nitrogens is 1. The quantitative estimate of drug-likeness (QED) is 0.643. The summed E-state index contributed by atoms with van der Waals surface area (Å²) >= 11 is 0. The Morgan fingerprint density at radius 1 is 0.969 bits per heavy atom. The van der Waals surface area contributed by atoms with Crippen LogP contribution in [0.2, 0.25) is 0 Å². The maximum absolute atomic E-state index is 13.2. The maximum atomic E-state index is 13.2. The van der Waals surface area contributed by atoms with E-state index >= 15 is 0 Å². The van der Waals surface area contributed by atoms with E-state index in [1.807, 2.05) is 36.4 Å². The van der Waals surface area contributed by atoms with E-state index in [0.717, 1.165) is 16.7 Å². The fourth-order valence-electron chi connectivity index (χ4n) is 3.79. The molecule has 0 aliphatic carbocycles. The SMILES string of the molecule is COc1ccc(C2c3cc(OC)c(OC)cc3CC(=O)N2NC(=O)c2ccncc2)cc1. The summed E-state index contributed by atoms with van der Waals surface area (Å²) in [7, 11) is 4.70. The third-order valence-corrected chi connectivity index (χ3v) is 5.40. The molecule has 1 aliphatic heterocycles. The highest BCUT2D eigenvalue weighted by Gasteiger charge is 2.36. The second-order valence-electron chi connectivity index (χ2n) is 7.20. The third kappa shape index (κ3) is 3.94. The Balaban J connectivity index is 1.81. The Morgan fingerprint density at radius 3 is 2.25 bits per heavy atom. The van der Waals surface area contributed by atoms with E-state index in [2.05, 4.69) is 10.4 Å². The van der Waals surface area contributed by atoms with Gasteiger partial charge in [-0.25, -0.2) is 5.01 Å². The first-order valence-electron chi connectivity index (χ1n) is 9.97. The Bertz CT molecular complexity index is 1130. The van der Waals surface area contributed by atoms with E-state index in [-0.39, 0.29) is 12.3 Å². The van der Waals surface area contributed by atoms with Crippen LogP contribution in [-0.4, -0.2) is 43.1 Å². The van der Waals surface area contributed by atoms with Gasteiger partial charge in [-0.2, -0.15) is 0 Å². The zero-order valence-corrected chi connectivity index (χ0v) is 18.0. The molecule has 0 fully saturated rings. The van der Waals surface area contributed by atoms with Gasteiger partial charge in [-0.15, -0.1) is 0 Å². The smallest absolute Gasteiger partial charge is 0.270 e. The second kappa shape index (κ2) is 8.97. The lowest BCUT2D eigenvalue weighted by molar-refractivity contribution is -0.136. The number of methoxy groups -OCH3 is 3. The van der Waals surface area contributed by atoms with E-state index in [1.54, 1.807) is 33.5 Å². The number of nitrogens with zero attached hydrogens (tertiary/aromatic N) is 2. The van der Waals surface area contributed by atoms with E-state index in [1.165, 1.54) is 17.4 Å². The maximum Gasteiger partial charge on any atom is 0.270 e. The molecule has 3 aromatic rings. The molecule has 1 unspecified atom stereocenters. The number of hydrogen-bond donors (Lipinski definition) is 1. The van der Waals surface area contributed by atoms with Crippen molar-refractivity contribution in [3.05, 3.63) is 83.2 Å². The normalized spacial score (nSPS) is 15.0. The molecular weight excluding hydrogens is 410 g/mol. The summed E-state index contributed by atoms with van der Waals surface area (Å²) < 4.78 is 16.2. The topological polar surface area (TPSA) is 90.0 Å². The number of hydrogen-bond acceptors (Lipinski definition) is 6. The van der Waals surface area contributed by atoms with Crippen LogP contribution in [0.15, 0.2) is 60.9 Å². The van der Waals surface area contributed by atoms with Crippen LogP contribution in [0.1, 0.15) is 33.1 Å². The van der Waals surface area contributed by atoms with E-state index in [0.29, 0.717) is 22.8 Å². The minimum Gasteiger partial charge on any atom is -0.497 e. The van der Waals surface area contributed by atoms with Crippen LogP contribution < -0.4 is 19.6 Å². The predicted molar refractivity (Wildman–Crippen MR) is 117 cm³/mol. The standard InChI is InChI=1S/C24H23N3O5/c1-30-18-6-4-15(5-7-18)23-19-14-21(32-3)20(31-2)12-17(19)13-22(28)27(23)26-24(29)16-8-10-25-11-9-16/h4-12,14,23H,13H2,1-3H3,(H,26,29). The molecule has 0 radical (unpaired) electrons. The van der Waals surface area contributed by atoms with Gasteiger partial charge in [0.2, 0.25) is 5.91 Å². The Hall–Kier alpha value is -4.07. The lowest BCUT2D eigenvalue weighted by Gasteiger charge is -2.37. The molecule has 1 N–H and O–H groups in total. The van der Waals surface area contributed by atoms with Gasteiger partial charge in [-0.05, 0) is 53.1 Å². The van der Waals surface area contributed by atoms with Gasteiger partial charge in [0.1, 0.15) is 11.8 Å². The third-order valence-electron chi connectivity index (χ3n) is 5.40. The number of hydrazine groups is 1. The number of nitrogens with one attached hydrogen (secondary N) is 1. The molecule has 32 heavy (non-hydrogen) atoms. The van der Waals surface area contributed by atoms with E-state index < -0.39 is 11.9 Å². The summed E-state index contributed by atoms with van der Waals surface area (Å²) in [6.07, 6.45) is 3.17. The van der Waals surface area contributed by atoms with Crippen LogP contribution in [0.3, 0.4) is 0 Å². The zero-order chi connectivity index (χ0) is 22.7. The van der Waals surface area contributed by atoms with Crippen molar-refractivity contribution >= 4 is 11.8 Å². The first-order valence-corrected chi connectivity index (χ1v) is 9.97. The number of benzene rings is 2. The first kappa shape index (κ1) is 21.2. The average molecular weight is 433 g/mol. The number of rotatable bonds is 6. The largest absolute Gasteiger partial charge is 0.497 e. The van der Waals surface area contributed by atoms with Crippen molar-refractivity contribution in [2.75, 3.05) is 21.3 Å². The molecule has 1 atom stereocenters.